The molecule has 1 N–H and O–H groups in total. The van der Waals surface area contributed by atoms with Crippen LogP contribution in [0.1, 0.15) is 42.5 Å². The zero-order valence-corrected chi connectivity index (χ0v) is 10.2. The minimum Gasteiger partial charge on any atom is -0.478 e. The highest BCUT2D eigenvalue weighted by Gasteiger charge is 2.18. The van der Waals surface area contributed by atoms with Crippen LogP contribution in [0.4, 0.5) is 5.69 Å². The molecule has 0 saturated heterocycles. The summed E-state index contributed by atoms with van der Waals surface area (Å²) in [4.78, 5) is 13.1. The number of anilines is 1. The molecule has 1 aromatic carbocycles. The highest BCUT2D eigenvalue weighted by atomic mass is 16.4. The van der Waals surface area contributed by atoms with Crippen molar-refractivity contribution in [1.82, 2.24) is 0 Å². The van der Waals surface area contributed by atoms with Gasteiger partial charge in [0, 0.05) is 18.8 Å². The van der Waals surface area contributed by atoms with Gasteiger partial charge < -0.3 is 10.0 Å². The Morgan fingerprint density at radius 2 is 1.76 bits per heavy atom. The van der Waals surface area contributed by atoms with Gasteiger partial charge in [-0.15, -0.1) is 0 Å². The van der Waals surface area contributed by atoms with Crippen LogP contribution in [0.15, 0.2) is 24.3 Å². The largest absolute Gasteiger partial charge is 0.478 e. The number of hydrogen-bond donors (Lipinski definition) is 1. The van der Waals surface area contributed by atoms with Crippen LogP contribution >= 0.6 is 0 Å². The SMILES string of the molecule is CN(c1ccc(C(=O)O)cc1)C1CCCCC1. The molecule has 1 aliphatic carbocycles. The minimum absolute atomic E-state index is 0.353. The van der Waals surface area contributed by atoms with E-state index in [0.29, 0.717) is 11.6 Å². The molecule has 1 fully saturated rings. The first-order valence-corrected chi connectivity index (χ1v) is 6.24. The first kappa shape index (κ1) is 12.0. The van der Waals surface area contributed by atoms with Crippen LogP contribution < -0.4 is 4.90 Å². The molecule has 17 heavy (non-hydrogen) atoms. The number of carbonyl (C=O) groups is 1. The van der Waals surface area contributed by atoms with Gasteiger partial charge in [0.15, 0.2) is 0 Å². The number of carboxylic acids is 1. The van der Waals surface area contributed by atoms with Crippen LogP contribution in [0.2, 0.25) is 0 Å². The normalized spacial score (nSPS) is 16.8. The Balaban J connectivity index is 2.07. The van der Waals surface area contributed by atoms with Crippen molar-refractivity contribution < 1.29 is 9.90 Å². The Bertz CT molecular complexity index is 380. The van der Waals surface area contributed by atoms with E-state index in [1.807, 2.05) is 12.1 Å². The topological polar surface area (TPSA) is 40.5 Å². The van der Waals surface area contributed by atoms with Crippen molar-refractivity contribution in [3.05, 3.63) is 29.8 Å². The second-order valence-corrected chi connectivity index (χ2v) is 4.75. The molecule has 0 heterocycles. The average Bonchev–Trinajstić information content (AvgIpc) is 2.39. The summed E-state index contributed by atoms with van der Waals surface area (Å²) in [5.74, 6) is -0.864. The molecule has 0 spiro atoms. The van der Waals surface area contributed by atoms with Gasteiger partial charge >= 0.3 is 5.97 Å². The molecule has 3 nitrogen and oxygen atoms in total. The Kier molecular flexibility index (Phi) is 3.67. The molecule has 92 valence electrons. The molecule has 0 aromatic heterocycles. The monoisotopic (exact) mass is 233 g/mol. The molecule has 1 saturated carbocycles. The summed E-state index contributed by atoms with van der Waals surface area (Å²) in [7, 11) is 2.10. The van der Waals surface area contributed by atoms with Gasteiger partial charge in [-0.25, -0.2) is 4.79 Å². The van der Waals surface area contributed by atoms with Crippen molar-refractivity contribution in [3.8, 4) is 0 Å². The van der Waals surface area contributed by atoms with E-state index < -0.39 is 5.97 Å². The number of nitrogens with zero attached hydrogens (tertiary/aromatic N) is 1. The van der Waals surface area contributed by atoms with Crippen molar-refractivity contribution in [3.63, 3.8) is 0 Å². The van der Waals surface area contributed by atoms with E-state index in [1.54, 1.807) is 12.1 Å². The van der Waals surface area contributed by atoms with Crippen molar-refractivity contribution in [2.24, 2.45) is 0 Å². The third kappa shape index (κ3) is 2.78. The Morgan fingerprint density at radius 3 is 2.29 bits per heavy atom. The number of rotatable bonds is 3. The highest BCUT2D eigenvalue weighted by Crippen LogP contribution is 2.26. The zero-order chi connectivity index (χ0) is 12.3. The molecule has 0 atom stereocenters. The molecule has 1 aliphatic rings. The lowest BCUT2D eigenvalue weighted by Gasteiger charge is -2.33. The van der Waals surface area contributed by atoms with Crippen molar-refractivity contribution >= 4 is 11.7 Å². The van der Waals surface area contributed by atoms with Gasteiger partial charge in [-0.1, -0.05) is 19.3 Å². The molecule has 3 heteroatoms. The van der Waals surface area contributed by atoms with Crippen molar-refractivity contribution in [1.29, 1.82) is 0 Å². The minimum atomic E-state index is -0.864. The maximum atomic E-state index is 10.8. The lowest BCUT2D eigenvalue weighted by Crippen LogP contribution is -2.33. The molecule has 2 rings (SSSR count). The fourth-order valence-corrected chi connectivity index (χ4v) is 2.52. The van der Waals surface area contributed by atoms with Gasteiger partial charge in [-0.2, -0.15) is 0 Å². The summed E-state index contributed by atoms with van der Waals surface area (Å²) < 4.78 is 0. The van der Waals surface area contributed by atoms with Gasteiger partial charge in [0.25, 0.3) is 0 Å². The number of carboxylic acid groups (broad SMARTS) is 1. The first-order valence-electron chi connectivity index (χ1n) is 6.24. The van der Waals surface area contributed by atoms with Crippen LogP contribution in [0.3, 0.4) is 0 Å². The van der Waals surface area contributed by atoms with E-state index in [-0.39, 0.29) is 0 Å². The van der Waals surface area contributed by atoms with Crippen LogP contribution in [0, 0.1) is 0 Å². The quantitative estimate of drug-likeness (QED) is 0.871. The number of hydrogen-bond acceptors (Lipinski definition) is 2. The van der Waals surface area contributed by atoms with E-state index in [9.17, 15) is 4.79 Å². The third-order valence-corrected chi connectivity index (χ3v) is 3.64. The van der Waals surface area contributed by atoms with Crippen LogP contribution in [0.5, 0.6) is 0 Å². The predicted molar refractivity (Wildman–Crippen MR) is 68.7 cm³/mol. The van der Waals surface area contributed by atoms with Gasteiger partial charge in [0.2, 0.25) is 0 Å². The fourth-order valence-electron chi connectivity index (χ4n) is 2.52. The highest BCUT2D eigenvalue weighted by molar-refractivity contribution is 5.88. The Labute approximate surface area is 102 Å². The fraction of sp³-hybridized carbons (Fsp3) is 0.500. The molecule has 0 bridgehead atoms. The van der Waals surface area contributed by atoms with Gasteiger partial charge in [0.05, 0.1) is 5.56 Å². The molecular weight excluding hydrogens is 214 g/mol. The smallest absolute Gasteiger partial charge is 0.335 e. The zero-order valence-electron chi connectivity index (χ0n) is 10.2. The van der Waals surface area contributed by atoms with Crippen molar-refractivity contribution in [2.45, 2.75) is 38.1 Å². The van der Waals surface area contributed by atoms with Gasteiger partial charge in [-0.3, -0.25) is 0 Å². The van der Waals surface area contributed by atoms with Gasteiger partial charge in [0.1, 0.15) is 0 Å². The summed E-state index contributed by atoms with van der Waals surface area (Å²) in [5, 5.41) is 8.85. The second-order valence-electron chi connectivity index (χ2n) is 4.75. The van der Waals surface area contributed by atoms with E-state index in [0.717, 1.165) is 5.69 Å². The van der Waals surface area contributed by atoms with Crippen molar-refractivity contribution in [2.75, 3.05) is 11.9 Å². The van der Waals surface area contributed by atoms with E-state index in [4.69, 9.17) is 5.11 Å². The first-order chi connectivity index (χ1) is 8.18. The van der Waals surface area contributed by atoms with Crippen LogP contribution in [-0.2, 0) is 0 Å². The predicted octanol–water partition coefficient (Wildman–Crippen LogP) is 3.15. The summed E-state index contributed by atoms with van der Waals surface area (Å²) >= 11 is 0. The maximum Gasteiger partial charge on any atom is 0.335 e. The Hall–Kier alpha value is -1.51. The molecule has 1 aromatic rings. The lowest BCUT2D eigenvalue weighted by atomic mass is 9.94. The Morgan fingerprint density at radius 1 is 1.18 bits per heavy atom. The van der Waals surface area contributed by atoms with Gasteiger partial charge in [-0.05, 0) is 37.1 Å². The molecular formula is C14H19NO2. The number of aromatic carboxylic acids is 1. The number of benzene rings is 1. The second kappa shape index (κ2) is 5.21. The van der Waals surface area contributed by atoms with E-state index >= 15 is 0 Å². The summed E-state index contributed by atoms with van der Waals surface area (Å²) in [6.45, 7) is 0. The maximum absolute atomic E-state index is 10.8. The molecule has 0 aliphatic heterocycles. The lowest BCUT2D eigenvalue weighted by molar-refractivity contribution is 0.0697. The van der Waals surface area contributed by atoms with E-state index in [2.05, 4.69) is 11.9 Å². The van der Waals surface area contributed by atoms with Crippen LogP contribution in [0.25, 0.3) is 0 Å². The van der Waals surface area contributed by atoms with E-state index in [1.165, 1.54) is 32.1 Å². The average molecular weight is 233 g/mol. The third-order valence-electron chi connectivity index (χ3n) is 3.64. The summed E-state index contributed by atoms with van der Waals surface area (Å²) in [5.41, 5.74) is 1.47. The molecule has 0 radical (unpaired) electrons. The summed E-state index contributed by atoms with van der Waals surface area (Å²) in [6.07, 6.45) is 6.46. The molecule has 0 unspecified atom stereocenters. The standard InChI is InChI=1S/C14H19NO2/c1-15(12-5-3-2-4-6-12)13-9-7-11(8-10-13)14(16)17/h7-10,12H,2-6H2,1H3,(H,16,17). The molecule has 0 amide bonds. The summed E-state index contributed by atoms with van der Waals surface area (Å²) in [6, 6.07) is 7.77. The van der Waals surface area contributed by atoms with Crippen LogP contribution in [-0.4, -0.2) is 24.2 Å².